The van der Waals surface area contributed by atoms with E-state index in [2.05, 4.69) is 49.0 Å². The maximum atomic E-state index is 12.4. The van der Waals surface area contributed by atoms with Crippen molar-refractivity contribution in [2.45, 2.75) is 12.3 Å². The first-order valence-corrected chi connectivity index (χ1v) is 8.51. The molecule has 1 nitrogen and oxygen atoms in total. The largest absolute Gasteiger partial charge is 0.287 e. The summed E-state index contributed by atoms with van der Waals surface area (Å²) in [6.07, 6.45) is 0. The first-order chi connectivity index (χ1) is 11.7. The van der Waals surface area contributed by atoms with E-state index in [0.29, 0.717) is 0 Å². The zero-order valence-corrected chi connectivity index (χ0v) is 14.5. The van der Waals surface area contributed by atoms with Gasteiger partial charge in [-0.2, -0.15) is 0 Å². The number of hydrogen-bond acceptors (Lipinski definition) is 1. The normalized spacial score (nSPS) is 12.6. The van der Waals surface area contributed by atoms with E-state index in [1.807, 2.05) is 61.5 Å². The summed E-state index contributed by atoms with van der Waals surface area (Å²) in [5.74, 6) is -0.312. The van der Waals surface area contributed by atoms with E-state index in [4.69, 9.17) is 0 Å². The number of carbonyl (C=O) groups excluding carboxylic acids is 1. The average Bonchev–Trinajstić information content (AvgIpc) is 2.65. The fourth-order valence-electron chi connectivity index (χ4n) is 3.54. The van der Waals surface area contributed by atoms with Crippen molar-refractivity contribution in [1.29, 1.82) is 0 Å². The molecule has 0 fully saturated rings. The van der Waals surface area contributed by atoms with Crippen molar-refractivity contribution in [3.8, 4) is 0 Å². The lowest BCUT2D eigenvalue weighted by Gasteiger charge is -2.40. The van der Waals surface area contributed by atoms with Crippen molar-refractivity contribution in [2.75, 3.05) is 0 Å². The Balaban J connectivity index is 2.39. The lowest BCUT2D eigenvalue weighted by atomic mass is 9.62. The molecule has 0 saturated heterocycles. The number of thiol groups is 1. The molecule has 2 heteroatoms. The summed E-state index contributed by atoms with van der Waals surface area (Å²) in [7, 11) is 0. The highest BCUT2D eigenvalue weighted by atomic mass is 32.1. The molecule has 3 aromatic rings. The van der Waals surface area contributed by atoms with Crippen molar-refractivity contribution in [2.24, 2.45) is 5.92 Å². The van der Waals surface area contributed by atoms with E-state index in [-0.39, 0.29) is 11.0 Å². The van der Waals surface area contributed by atoms with Crippen LogP contribution in [-0.4, -0.2) is 5.12 Å². The minimum atomic E-state index is -0.567. The molecular weight excluding hydrogens is 312 g/mol. The summed E-state index contributed by atoms with van der Waals surface area (Å²) in [6, 6.07) is 30.7. The Morgan fingerprint density at radius 3 is 1.25 bits per heavy atom. The molecule has 0 amide bonds. The Hall–Kier alpha value is -2.32. The Bertz CT molecular complexity index is 700. The highest BCUT2D eigenvalue weighted by Crippen LogP contribution is 2.45. The molecule has 3 aromatic carbocycles. The zero-order chi connectivity index (χ0) is 17.0. The molecule has 0 bridgehead atoms. The van der Waals surface area contributed by atoms with Gasteiger partial charge in [0.15, 0.2) is 5.12 Å². The number of benzene rings is 3. The second kappa shape index (κ2) is 7.06. The van der Waals surface area contributed by atoms with Crippen molar-refractivity contribution >= 4 is 17.7 Å². The van der Waals surface area contributed by atoms with Gasteiger partial charge in [0.1, 0.15) is 0 Å². The van der Waals surface area contributed by atoms with Crippen LogP contribution in [0, 0.1) is 5.92 Å². The summed E-state index contributed by atoms with van der Waals surface area (Å²) >= 11 is 4.20. The molecule has 0 aliphatic rings. The first kappa shape index (κ1) is 16.5. The van der Waals surface area contributed by atoms with Gasteiger partial charge in [0.05, 0.1) is 5.41 Å². The Labute approximate surface area is 148 Å². The second-order valence-corrected chi connectivity index (χ2v) is 6.41. The third-order valence-corrected chi connectivity index (χ3v) is 5.09. The third-order valence-electron chi connectivity index (χ3n) is 4.71. The lowest BCUT2D eigenvalue weighted by Crippen LogP contribution is -2.39. The van der Waals surface area contributed by atoms with Gasteiger partial charge in [-0.15, -0.1) is 12.6 Å². The predicted molar refractivity (Wildman–Crippen MR) is 102 cm³/mol. The van der Waals surface area contributed by atoms with Crippen LogP contribution >= 0.6 is 12.6 Å². The highest BCUT2D eigenvalue weighted by Gasteiger charge is 2.43. The topological polar surface area (TPSA) is 17.1 Å². The molecule has 1 unspecified atom stereocenters. The molecule has 0 aromatic heterocycles. The number of carbonyl (C=O) groups is 1. The van der Waals surface area contributed by atoms with Gasteiger partial charge in [-0.1, -0.05) is 97.9 Å². The summed E-state index contributed by atoms with van der Waals surface area (Å²) in [6.45, 7) is 1.96. The fourth-order valence-corrected chi connectivity index (χ4v) is 3.73. The molecular formula is C22H20OS. The first-order valence-electron chi connectivity index (χ1n) is 8.06. The Morgan fingerprint density at radius 1 is 0.708 bits per heavy atom. The molecule has 0 saturated carbocycles. The fraction of sp³-hybridized carbons (Fsp3) is 0.136. The Morgan fingerprint density at radius 2 is 1.00 bits per heavy atom. The van der Waals surface area contributed by atoms with Crippen LogP contribution in [0.2, 0.25) is 0 Å². The molecule has 0 spiro atoms. The highest BCUT2D eigenvalue weighted by molar-refractivity contribution is 7.96. The maximum absolute atomic E-state index is 12.4. The van der Waals surface area contributed by atoms with Crippen molar-refractivity contribution in [3.63, 3.8) is 0 Å². The van der Waals surface area contributed by atoms with Gasteiger partial charge in [0, 0.05) is 5.92 Å². The predicted octanol–water partition coefficient (Wildman–Crippen LogP) is 5.11. The summed E-state index contributed by atoms with van der Waals surface area (Å²) in [5, 5.41) is -0.119. The van der Waals surface area contributed by atoms with Crippen molar-refractivity contribution in [3.05, 3.63) is 108 Å². The van der Waals surface area contributed by atoms with Crippen LogP contribution in [0.4, 0.5) is 0 Å². The van der Waals surface area contributed by atoms with Gasteiger partial charge >= 0.3 is 0 Å². The van der Waals surface area contributed by atoms with Crippen LogP contribution in [0.15, 0.2) is 91.0 Å². The second-order valence-electron chi connectivity index (χ2n) is 5.97. The summed E-state index contributed by atoms with van der Waals surface area (Å²) < 4.78 is 0. The van der Waals surface area contributed by atoms with Crippen LogP contribution in [0.1, 0.15) is 23.6 Å². The Kier molecular flexibility index (Phi) is 4.86. The molecule has 0 N–H and O–H groups in total. The molecule has 120 valence electrons. The molecule has 24 heavy (non-hydrogen) atoms. The van der Waals surface area contributed by atoms with Crippen LogP contribution in [0.3, 0.4) is 0 Å². The molecule has 0 radical (unpaired) electrons. The monoisotopic (exact) mass is 332 g/mol. The molecule has 1 atom stereocenters. The lowest BCUT2D eigenvalue weighted by molar-refractivity contribution is -0.114. The molecule has 0 aliphatic heterocycles. The molecule has 0 aliphatic carbocycles. The van der Waals surface area contributed by atoms with E-state index in [9.17, 15) is 4.79 Å². The maximum Gasteiger partial charge on any atom is 0.190 e. The van der Waals surface area contributed by atoms with Crippen LogP contribution in [0.5, 0.6) is 0 Å². The van der Waals surface area contributed by atoms with Gasteiger partial charge in [-0.05, 0) is 16.7 Å². The van der Waals surface area contributed by atoms with Crippen LogP contribution in [0.25, 0.3) is 0 Å². The quantitative estimate of drug-likeness (QED) is 0.507. The van der Waals surface area contributed by atoms with Gasteiger partial charge < -0.3 is 0 Å². The minimum absolute atomic E-state index is 0.119. The van der Waals surface area contributed by atoms with E-state index >= 15 is 0 Å². The average molecular weight is 332 g/mol. The summed E-state index contributed by atoms with van der Waals surface area (Å²) in [5.41, 5.74) is 2.72. The van der Waals surface area contributed by atoms with E-state index in [1.165, 1.54) is 0 Å². The van der Waals surface area contributed by atoms with Crippen molar-refractivity contribution in [1.82, 2.24) is 0 Å². The summed E-state index contributed by atoms with van der Waals surface area (Å²) in [4.78, 5) is 12.4. The smallest absolute Gasteiger partial charge is 0.190 e. The van der Waals surface area contributed by atoms with Gasteiger partial charge in [-0.3, -0.25) is 4.79 Å². The van der Waals surface area contributed by atoms with Crippen LogP contribution < -0.4 is 0 Å². The zero-order valence-electron chi connectivity index (χ0n) is 13.6. The number of hydrogen-bond donors (Lipinski definition) is 1. The van der Waals surface area contributed by atoms with E-state index in [0.717, 1.165) is 16.7 Å². The van der Waals surface area contributed by atoms with Gasteiger partial charge in [0.2, 0.25) is 0 Å². The van der Waals surface area contributed by atoms with Gasteiger partial charge in [-0.25, -0.2) is 0 Å². The molecule has 3 rings (SSSR count). The standard InChI is InChI=1S/C22H20OS/c1-17(21(23)24)22(18-11-5-2-6-12-18,19-13-7-3-8-14-19)20-15-9-4-10-16-20/h2-17H,1H3,(H,23,24). The van der Waals surface area contributed by atoms with E-state index in [1.54, 1.807) is 0 Å². The van der Waals surface area contributed by atoms with Gasteiger partial charge in [0.25, 0.3) is 0 Å². The third kappa shape index (κ3) is 2.78. The number of rotatable bonds is 5. The minimum Gasteiger partial charge on any atom is -0.287 e. The molecule has 0 heterocycles. The van der Waals surface area contributed by atoms with E-state index < -0.39 is 5.41 Å². The van der Waals surface area contributed by atoms with Crippen molar-refractivity contribution < 1.29 is 4.79 Å². The SMILES string of the molecule is CC(C(=O)S)C(c1ccccc1)(c1ccccc1)c1ccccc1. The van der Waals surface area contributed by atoms with Crippen LogP contribution in [-0.2, 0) is 10.2 Å².